The molecule has 2 aromatic heterocycles. The van der Waals surface area contributed by atoms with Crippen LogP contribution in [0.4, 0.5) is 11.5 Å². The van der Waals surface area contributed by atoms with Crippen LogP contribution < -0.4 is 10.9 Å². The van der Waals surface area contributed by atoms with Crippen LogP contribution in [-0.4, -0.2) is 25.6 Å². The highest BCUT2D eigenvalue weighted by Gasteiger charge is 2.27. The molecule has 0 radical (unpaired) electrons. The first-order valence-corrected chi connectivity index (χ1v) is 10.8. The van der Waals surface area contributed by atoms with Crippen LogP contribution in [0.25, 0.3) is 10.9 Å². The van der Waals surface area contributed by atoms with E-state index >= 15 is 0 Å². The fourth-order valence-electron chi connectivity index (χ4n) is 4.93. The predicted molar refractivity (Wildman–Crippen MR) is 117 cm³/mol. The third-order valence-electron chi connectivity index (χ3n) is 6.65. The molecule has 1 aliphatic carbocycles. The Bertz CT molecular complexity index is 1180. The number of nitrogens with zero attached hydrogens (tertiary/aromatic N) is 3. The molecule has 3 aromatic rings. The maximum absolute atomic E-state index is 12.7. The molecule has 3 heterocycles. The molecule has 1 fully saturated rings. The molecule has 5 rings (SSSR count). The zero-order valence-electron chi connectivity index (χ0n) is 17.4. The average molecular weight is 406 g/mol. The van der Waals surface area contributed by atoms with Crippen LogP contribution in [-0.2, 0) is 17.9 Å². The van der Waals surface area contributed by atoms with Crippen molar-refractivity contribution in [3.05, 3.63) is 51.9 Å². The SMILES string of the molecule is CC(=O)N1Cc2ccc(Nc3nn([C@H]4CCCC[C@@H]4C)c4cc[nH]c(=O)c34)cc2C1. The van der Waals surface area contributed by atoms with E-state index < -0.39 is 0 Å². The lowest BCUT2D eigenvalue weighted by Gasteiger charge is -2.29. The zero-order valence-corrected chi connectivity index (χ0v) is 17.4. The number of carbonyl (C=O) groups is 1. The Morgan fingerprint density at radius 2 is 1.97 bits per heavy atom. The maximum Gasteiger partial charge on any atom is 0.261 e. The number of anilines is 2. The van der Waals surface area contributed by atoms with E-state index in [4.69, 9.17) is 5.10 Å². The molecule has 2 aliphatic rings. The summed E-state index contributed by atoms with van der Waals surface area (Å²) in [5.74, 6) is 1.20. The summed E-state index contributed by atoms with van der Waals surface area (Å²) in [5.41, 5.74) is 3.93. The minimum Gasteiger partial charge on any atom is -0.338 e. The number of hydrogen-bond acceptors (Lipinski definition) is 4. The lowest BCUT2D eigenvalue weighted by atomic mass is 9.86. The molecule has 1 saturated carbocycles. The number of aromatic nitrogens is 3. The number of carbonyl (C=O) groups excluding carboxylic acids is 1. The summed E-state index contributed by atoms with van der Waals surface area (Å²) in [4.78, 5) is 29.0. The van der Waals surface area contributed by atoms with Crippen molar-refractivity contribution < 1.29 is 4.79 Å². The number of pyridine rings is 1. The van der Waals surface area contributed by atoms with Gasteiger partial charge in [0.2, 0.25) is 5.91 Å². The number of fused-ring (bicyclic) bond motifs is 2. The summed E-state index contributed by atoms with van der Waals surface area (Å²) in [6.07, 6.45) is 6.43. The number of nitrogens with one attached hydrogen (secondary N) is 2. The van der Waals surface area contributed by atoms with Crippen molar-refractivity contribution in [2.45, 2.75) is 58.7 Å². The first-order valence-electron chi connectivity index (χ1n) is 10.8. The highest BCUT2D eigenvalue weighted by Crippen LogP contribution is 2.37. The predicted octanol–water partition coefficient (Wildman–Crippen LogP) is 4.08. The average Bonchev–Trinajstić information content (AvgIpc) is 3.31. The number of benzene rings is 1. The molecule has 2 N–H and O–H groups in total. The van der Waals surface area contributed by atoms with Gasteiger partial charge in [-0.15, -0.1) is 0 Å². The molecule has 0 bridgehead atoms. The van der Waals surface area contributed by atoms with Gasteiger partial charge in [0.1, 0.15) is 5.39 Å². The molecule has 1 amide bonds. The highest BCUT2D eigenvalue weighted by atomic mass is 16.2. The number of hydrogen-bond donors (Lipinski definition) is 2. The molecule has 7 heteroatoms. The van der Waals surface area contributed by atoms with Gasteiger partial charge in [0.05, 0.1) is 11.6 Å². The third-order valence-corrected chi connectivity index (χ3v) is 6.65. The molecule has 1 aromatic carbocycles. The monoisotopic (exact) mass is 405 g/mol. The molecular formula is C23H27N5O2. The van der Waals surface area contributed by atoms with E-state index in [9.17, 15) is 9.59 Å². The van der Waals surface area contributed by atoms with Crippen molar-refractivity contribution in [2.24, 2.45) is 5.92 Å². The summed E-state index contributed by atoms with van der Waals surface area (Å²) in [5, 5.41) is 8.86. The van der Waals surface area contributed by atoms with Crippen LogP contribution in [0.3, 0.4) is 0 Å². The standard InChI is InChI=1S/C23H27N5O2/c1-14-5-3-4-6-19(14)28-20-9-10-24-23(30)21(20)22(26-28)25-18-8-7-16-12-27(15(2)29)13-17(16)11-18/h7-11,14,19H,3-6,12-13H2,1-2H3,(H,24,30)(H,25,26)/t14-,19-/m0/s1. The number of H-pyrrole nitrogens is 1. The van der Waals surface area contributed by atoms with E-state index in [0.29, 0.717) is 36.3 Å². The van der Waals surface area contributed by atoms with E-state index in [0.717, 1.165) is 23.2 Å². The number of amides is 1. The quantitative estimate of drug-likeness (QED) is 0.688. The van der Waals surface area contributed by atoms with E-state index in [1.54, 1.807) is 13.1 Å². The largest absolute Gasteiger partial charge is 0.338 e. The van der Waals surface area contributed by atoms with Gasteiger partial charge in [0, 0.05) is 31.9 Å². The van der Waals surface area contributed by atoms with E-state index in [1.807, 2.05) is 23.1 Å². The van der Waals surface area contributed by atoms with Gasteiger partial charge in [0.15, 0.2) is 5.82 Å². The van der Waals surface area contributed by atoms with Gasteiger partial charge < -0.3 is 15.2 Å². The Kier molecular flexibility index (Phi) is 4.60. The number of rotatable bonds is 3. The van der Waals surface area contributed by atoms with Crippen molar-refractivity contribution in [3.8, 4) is 0 Å². The second kappa shape index (κ2) is 7.31. The third kappa shape index (κ3) is 3.18. The van der Waals surface area contributed by atoms with E-state index in [2.05, 4.69) is 28.0 Å². The first kappa shape index (κ1) is 18.9. The van der Waals surface area contributed by atoms with E-state index in [1.165, 1.54) is 24.8 Å². The van der Waals surface area contributed by atoms with Crippen LogP contribution >= 0.6 is 0 Å². The molecule has 1 aliphatic heterocycles. The Labute approximate surface area is 175 Å². The van der Waals surface area contributed by atoms with Gasteiger partial charge in [-0.1, -0.05) is 25.8 Å². The van der Waals surface area contributed by atoms with Crippen molar-refractivity contribution in [2.75, 3.05) is 5.32 Å². The molecular weight excluding hydrogens is 378 g/mol. The molecule has 30 heavy (non-hydrogen) atoms. The van der Waals surface area contributed by atoms with Gasteiger partial charge >= 0.3 is 0 Å². The second-order valence-electron chi connectivity index (χ2n) is 8.67. The molecule has 7 nitrogen and oxygen atoms in total. The van der Waals surface area contributed by atoms with Gasteiger partial charge in [-0.05, 0) is 48.1 Å². The molecule has 2 atom stereocenters. The van der Waals surface area contributed by atoms with E-state index in [-0.39, 0.29) is 11.5 Å². The number of aromatic amines is 1. The van der Waals surface area contributed by atoms with Crippen molar-refractivity contribution in [1.29, 1.82) is 0 Å². The van der Waals surface area contributed by atoms with Crippen LogP contribution in [0.2, 0.25) is 0 Å². The zero-order chi connectivity index (χ0) is 20.8. The summed E-state index contributed by atoms with van der Waals surface area (Å²) < 4.78 is 2.06. The smallest absolute Gasteiger partial charge is 0.261 e. The Balaban J connectivity index is 1.52. The van der Waals surface area contributed by atoms with Crippen LogP contribution in [0.15, 0.2) is 35.3 Å². The van der Waals surface area contributed by atoms with Crippen LogP contribution in [0.5, 0.6) is 0 Å². The maximum atomic E-state index is 12.7. The van der Waals surface area contributed by atoms with Gasteiger partial charge in [-0.2, -0.15) is 5.10 Å². The fraction of sp³-hybridized carbons (Fsp3) is 0.435. The Morgan fingerprint density at radius 3 is 2.77 bits per heavy atom. The summed E-state index contributed by atoms with van der Waals surface area (Å²) >= 11 is 0. The van der Waals surface area contributed by atoms with Gasteiger partial charge in [-0.3, -0.25) is 14.3 Å². The first-order chi connectivity index (χ1) is 14.5. The molecule has 0 saturated heterocycles. The lowest BCUT2D eigenvalue weighted by molar-refractivity contribution is -0.129. The molecule has 0 spiro atoms. The van der Waals surface area contributed by atoms with Crippen LogP contribution in [0.1, 0.15) is 56.7 Å². The summed E-state index contributed by atoms with van der Waals surface area (Å²) in [7, 11) is 0. The Hall–Kier alpha value is -3.09. The lowest BCUT2D eigenvalue weighted by Crippen LogP contribution is -2.22. The van der Waals surface area contributed by atoms with Crippen LogP contribution in [0, 0.1) is 5.92 Å². The Morgan fingerprint density at radius 1 is 1.17 bits per heavy atom. The fourth-order valence-corrected chi connectivity index (χ4v) is 4.93. The van der Waals surface area contributed by atoms with Gasteiger partial charge in [0.25, 0.3) is 5.56 Å². The molecule has 156 valence electrons. The minimum atomic E-state index is -0.131. The molecule has 0 unspecified atom stereocenters. The second-order valence-corrected chi connectivity index (χ2v) is 8.67. The normalized spacial score (nSPS) is 21.1. The summed E-state index contributed by atoms with van der Waals surface area (Å²) in [6, 6.07) is 8.36. The van der Waals surface area contributed by atoms with Crippen molar-refractivity contribution in [1.82, 2.24) is 19.7 Å². The highest BCUT2D eigenvalue weighted by molar-refractivity contribution is 5.91. The minimum absolute atomic E-state index is 0.0820. The summed E-state index contributed by atoms with van der Waals surface area (Å²) in [6.45, 7) is 5.15. The van der Waals surface area contributed by atoms with Gasteiger partial charge in [-0.25, -0.2) is 0 Å². The van der Waals surface area contributed by atoms with Crippen molar-refractivity contribution >= 4 is 28.3 Å². The topological polar surface area (TPSA) is 83.0 Å². The van der Waals surface area contributed by atoms with Crippen molar-refractivity contribution in [3.63, 3.8) is 0 Å².